The van der Waals surface area contributed by atoms with E-state index in [0.29, 0.717) is 0 Å². The van der Waals surface area contributed by atoms with E-state index in [-0.39, 0.29) is 24.3 Å². The van der Waals surface area contributed by atoms with Crippen LogP contribution >= 0.6 is 0 Å². The van der Waals surface area contributed by atoms with Crippen molar-refractivity contribution in [1.82, 2.24) is 4.90 Å². The molecule has 2 saturated heterocycles. The van der Waals surface area contributed by atoms with Crippen LogP contribution in [0.15, 0.2) is 0 Å². The van der Waals surface area contributed by atoms with E-state index >= 15 is 0 Å². The Morgan fingerprint density at radius 2 is 2.00 bits per heavy atom. The molecule has 0 aromatic carbocycles. The molecule has 0 aromatic rings. The molecule has 0 spiro atoms. The molecule has 0 aliphatic carbocycles. The maximum atomic E-state index is 11.7. The van der Waals surface area contributed by atoms with E-state index in [0.717, 1.165) is 0 Å². The summed E-state index contributed by atoms with van der Waals surface area (Å²) in [4.78, 5) is 13.2. The van der Waals surface area contributed by atoms with Crippen molar-refractivity contribution in [3.8, 4) is 0 Å². The maximum Gasteiger partial charge on any atom is 0.221 e. The Labute approximate surface area is 113 Å². The molecule has 110 valence electrons. The molecule has 19 heavy (non-hydrogen) atoms. The SMILES string of the molecule is CC(=O)N1C(C)OC2OC(CO)[C@H](C(C)C)C(O)C21. The largest absolute Gasteiger partial charge is 0.394 e. The molecule has 0 saturated carbocycles. The number of fused-ring (bicyclic) bond motifs is 1. The second kappa shape index (κ2) is 5.36. The van der Waals surface area contributed by atoms with E-state index in [2.05, 4.69) is 0 Å². The summed E-state index contributed by atoms with van der Waals surface area (Å²) in [5.74, 6) is -0.229. The predicted molar refractivity (Wildman–Crippen MR) is 66.9 cm³/mol. The molecule has 2 aliphatic rings. The molecule has 2 fully saturated rings. The summed E-state index contributed by atoms with van der Waals surface area (Å²) in [6.07, 6.45) is -2.31. The number of nitrogens with zero attached hydrogens (tertiary/aromatic N) is 1. The van der Waals surface area contributed by atoms with Gasteiger partial charge < -0.3 is 24.6 Å². The Hall–Kier alpha value is -0.690. The van der Waals surface area contributed by atoms with Gasteiger partial charge in [-0.15, -0.1) is 0 Å². The lowest BCUT2D eigenvalue weighted by atomic mass is 9.80. The minimum absolute atomic E-state index is 0.137. The van der Waals surface area contributed by atoms with Gasteiger partial charge in [0.15, 0.2) is 6.29 Å². The van der Waals surface area contributed by atoms with Crippen molar-refractivity contribution in [3.63, 3.8) is 0 Å². The first-order chi connectivity index (χ1) is 8.88. The fourth-order valence-electron chi connectivity index (χ4n) is 3.32. The van der Waals surface area contributed by atoms with Gasteiger partial charge in [-0.2, -0.15) is 0 Å². The number of aliphatic hydroxyl groups excluding tert-OH is 2. The predicted octanol–water partition coefficient (Wildman–Crippen LogP) is -0.0700. The normalized spacial score (nSPS) is 42.6. The standard InChI is InChI=1S/C13H23NO5/c1-6(2)10-9(5-15)19-13-11(12(10)17)14(7(3)16)8(4)18-13/h6,8-13,15,17H,5H2,1-4H3/t8?,9?,10-,11?,12?,13?/m0/s1. The molecule has 2 aliphatic heterocycles. The second-order valence-corrected chi connectivity index (χ2v) is 5.69. The number of amides is 1. The van der Waals surface area contributed by atoms with Crippen molar-refractivity contribution < 1.29 is 24.5 Å². The number of hydrogen-bond acceptors (Lipinski definition) is 5. The van der Waals surface area contributed by atoms with Crippen LogP contribution in [0.25, 0.3) is 0 Å². The monoisotopic (exact) mass is 273 g/mol. The van der Waals surface area contributed by atoms with Crippen LogP contribution in [0.4, 0.5) is 0 Å². The van der Waals surface area contributed by atoms with Crippen LogP contribution in [0.2, 0.25) is 0 Å². The quantitative estimate of drug-likeness (QED) is 0.736. The lowest BCUT2D eigenvalue weighted by Crippen LogP contribution is -2.60. The van der Waals surface area contributed by atoms with Gasteiger partial charge in [-0.05, 0) is 12.8 Å². The fourth-order valence-corrected chi connectivity index (χ4v) is 3.32. The third-order valence-corrected chi connectivity index (χ3v) is 4.12. The molecule has 5 unspecified atom stereocenters. The molecule has 2 N–H and O–H groups in total. The first kappa shape index (κ1) is 14.7. The third-order valence-electron chi connectivity index (χ3n) is 4.12. The van der Waals surface area contributed by atoms with Gasteiger partial charge >= 0.3 is 0 Å². The Bertz CT molecular complexity index is 348. The Balaban J connectivity index is 2.28. The Morgan fingerprint density at radius 3 is 2.47 bits per heavy atom. The zero-order valence-electron chi connectivity index (χ0n) is 11.8. The van der Waals surface area contributed by atoms with Gasteiger partial charge in [-0.3, -0.25) is 4.79 Å². The van der Waals surface area contributed by atoms with Crippen LogP contribution in [0.5, 0.6) is 0 Å². The first-order valence-electron chi connectivity index (χ1n) is 6.77. The van der Waals surface area contributed by atoms with Gasteiger partial charge in [-0.25, -0.2) is 0 Å². The van der Waals surface area contributed by atoms with Crippen LogP contribution in [-0.2, 0) is 14.3 Å². The highest BCUT2D eigenvalue weighted by molar-refractivity contribution is 5.74. The van der Waals surface area contributed by atoms with Crippen LogP contribution in [-0.4, -0.2) is 58.4 Å². The van der Waals surface area contributed by atoms with Gasteiger partial charge in [0.1, 0.15) is 12.3 Å². The van der Waals surface area contributed by atoms with Gasteiger partial charge in [0.25, 0.3) is 0 Å². The summed E-state index contributed by atoms with van der Waals surface area (Å²) < 4.78 is 11.3. The summed E-state index contributed by atoms with van der Waals surface area (Å²) in [5.41, 5.74) is 0. The summed E-state index contributed by atoms with van der Waals surface area (Å²) >= 11 is 0. The van der Waals surface area contributed by atoms with E-state index < -0.39 is 30.8 Å². The van der Waals surface area contributed by atoms with Crippen molar-refractivity contribution in [2.45, 2.75) is 58.5 Å². The van der Waals surface area contributed by atoms with E-state index in [1.807, 2.05) is 13.8 Å². The molecular weight excluding hydrogens is 250 g/mol. The van der Waals surface area contributed by atoms with Gasteiger partial charge in [-0.1, -0.05) is 13.8 Å². The first-order valence-corrected chi connectivity index (χ1v) is 6.77. The summed E-state index contributed by atoms with van der Waals surface area (Å²) in [6, 6.07) is -0.498. The highest BCUT2D eigenvalue weighted by Crippen LogP contribution is 2.39. The van der Waals surface area contributed by atoms with E-state index in [4.69, 9.17) is 9.47 Å². The van der Waals surface area contributed by atoms with E-state index in [9.17, 15) is 15.0 Å². The highest BCUT2D eigenvalue weighted by Gasteiger charge is 2.54. The maximum absolute atomic E-state index is 11.7. The molecule has 2 rings (SSSR count). The highest BCUT2D eigenvalue weighted by atomic mass is 16.7. The number of hydrogen-bond donors (Lipinski definition) is 2. The number of rotatable bonds is 2. The lowest BCUT2D eigenvalue weighted by molar-refractivity contribution is -0.240. The molecule has 2 heterocycles. The van der Waals surface area contributed by atoms with Gasteiger partial charge in [0.05, 0.1) is 18.8 Å². The van der Waals surface area contributed by atoms with E-state index in [1.54, 1.807) is 6.92 Å². The zero-order valence-corrected chi connectivity index (χ0v) is 11.8. The molecule has 0 radical (unpaired) electrons. The average Bonchev–Trinajstić information content (AvgIpc) is 2.64. The second-order valence-electron chi connectivity index (χ2n) is 5.69. The van der Waals surface area contributed by atoms with Crippen molar-refractivity contribution >= 4 is 5.91 Å². The van der Waals surface area contributed by atoms with Crippen molar-refractivity contribution in [3.05, 3.63) is 0 Å². The minimum atomic E-state index is -0.759. The van der Waals surface area contributed by atoms with Crippen LogP contribution in [0, 0.1) is 11.8 Å². The topological polar surface area (TPSA) is 79.2 Å². The van der Waals surface area contributed by atoms with E-state index in [1.165, 1.54) is 11.8 Å². The summed E-state index contributed by atoms with van der Waals surface area (Å²) in [6.45, 7) is 6.99. The lowest BCUT2D eigenvalue weighted by Gasteiger charge is -2.44. The van der Waals surface area contributed by atoms with Crippen molar-refractivity contribution in [2.24, 2.45) is 11.8 Å². The zero-order chi connectivity index (χ0) is 14.3. The molecule has 6 heteroatoms. The molecule has 6 atom stereocenters. The summed E-state index contributed by atoms with van der Waals surface area (Å²) in [7, 11) is 0. The summed E-state index contributed by atoms with van der Waals surface area (Å²) in [5, 5.41) is 20.0. The molecular formula is C13H23NO5. The third kappa shape index (κ3) is 2.38. The Morgan fingerprint density at radius 1 is 1.37 bits per heavy atom. The van der Waals surface area contributed by atoms with Gasteiger partial charge in [0.2, 0.25) is 5.91 Å². The van der Waals surface area contributed by atoms with Gasteiger partial charge in [0, 0.05) is 12.8 Å². The minimum Gasteiger partial charge on any atom is -0.394 e. The molecule has 1 amide bonds. The number of aliphatic hydroxyl groups is 2. The average molecular weight is 273 g/mol. The van der Waals surface area contributed by atoms with Crippen LogP contribution < -0.4 is 0 Å². The number of ether oxygens (including phenoxy) is 2. The molecule has 0 bridgehead atoms. The Kier molecular flexibility index (Phi) is 4.15. The fraction of sp³-hybridized carbons (Fsp3) is 0.923. The van der Waals surface area contributed by atoms with Crippen molar-refractivity contribution in [1.29, 1.82) is 0 Å². The van der Waals surface area contributed by atoms with Crippen LogP contribution in [0.3, 0.4) is 0 Å². The van der Waals surface area contributed by atoms with Crippen LogP contribution in [0.1, 0.15) is 27.7 Å². The number of carbonyl (C=O) groups excluding carboxylic acids is 1. The molecule has 6 nitrogen and oxygen atoms in total. The van der Waals surface area contributed by atoms with Crippen molar-refractivity contribution in [2.75, 3.05) is 6.61 Å². The number of carbonyl (C=O) groups is 1. The molecule has 0 aromatic heterocycles. The smallest absolute Gasteiger partial charge is 0.221 e.